The van der Waals surface area contributed by atoms with Gasteiger partial charge in [0, 0.05) is 39.6 Å². The van der Waals surface area contributed by atoms with Gasteiger partial charge < -0.3 is 24.5 Å². The van der Waals surface area contributed by atoms with E-state index in [4.69, 9.17) is 4.74 Å². The SMILES string of the molecule is C[C@@H]1CN([C@@H](C)CO)C(=O)c2cccc(N(C)C)c2O[C@@H]1CN(C)CC1CC1. The maximum absolute atomic E-state index is 13.3. The van der Waals surface area contributed by atoms with Gasteiger partial charge in [-0.1, -0.05) is 13.0 Å². The van der Waals surface area contributed by atoms with Crippen LogP contribution in [0.4, 0.5) is 5.69 Å². The van der Waals surface area contributed by atoms with Gasteiger partial charge in [-0.3, -0.25) is 4.79 Å². The fourth-order valence-corrected chi connectivity index (χ4v) is 3.92. The Labute approximate surface area is 169 Å². The van der Waals surface area contributed by atoms with E-state index in [0.29, 0.717) is 17.9 Å². The van der Waals surface area contributed by atoms with Crippen LogP contribution in [0.25, 0.3) is 0 Å². The lowest BCUT2D eigenvalue weighted by Gasteiger charge is -2.39. The number of likely N-dealkylation sites (N-methyl/N-ethyl adjacent to an activating group) is 1. The molecule has 3 atom stereocenters. The number of anilines is 1. The minimum Gasteiger partial charge on any atom is -0.486 e. The molecule has 1 aliphatic carbocycles. The van der Waals surface area contributed by atoms with E-state index < -0.39 is 0 Å². The molecule has 0 spiro atoms. The second-order valence-electron chi connectivity index (χ2n) is 8.84. The molecule has 1 N–H and O–H groups in total. The fourth-order valence-electron chi connectivity index (χ4n) is 3.92. The molecule has 156 valence electrons. The summed E-state index contributed by atoms with van der Waals surface area (Å²) in [5.74, 6) is 1.56. The summed E-state index contributed by atoms with van der Waals surface area (Å²) in [6.07, 6.45) is 2.63. The molecule has 1 fully saturated rings. The molecule has 1 saturated carbocycles. The van der Waals surface area contributed by atoms with Crippen LogP contribution in [-0.2, 0) is 0 Å². The second-order valence-corrected chi connectivity index (χ2v) is 8.84. The Morgan fingerprint density at radius 2 is 1.96 bits per heavy atom. The van der Waals surface area contributed by atoms with Gasteiger partial charge in [0.05, 0.1) is 23.9 Å². The van der Waals surface area contributed by atoms with Gasteiger partial charge in [-0.15, -0.1) is 0 Å². The van der Waals surface area contributed by atoms with E-state index >= 15 is 0 Å². The van der Waals surface area contributed by atoms with Crippen molar-refractivity contribution in [2.75, 3.05) is 52.3 Å². The number of benzene rings is 1. The Balaban J connectivity index is 1.96. The highest BCUT2D eigenvalue weighted by molar-refractivity contribution is 5.99. The number of aliphatic hydroxyl groups is 1. The number of carbonyl (C=O) groups is 1. The maximum Gasteiger partial charge on any atom is 0.258 e. The average Bonchev–Trinajstić information content (AvgIpc) is 3.47. The molecule has 1 aromatic carbocycles. The quantitative estimate of drug-likeness (QED) is 0.776. The van der Waals surface area contributed by atoms with Crippen LogP contribution in [0.15, 0.2) is 18.2 Å². The average molecular weight is 390 g/mol. The standard InChI is InChI=1S/C22H35N3O3/c1-15-11-25(16(2)14-26)22(27)18-7-6-8-19(23(3)4)21(18)28-20(15)13-24(5)12-17-9-10-17/h6-8,15-17,20,26H,9-14H2,1-5H3/t15-,16+,20-/m1/s1. The van der Waals surface area contributed by atoms with E-state index in [1.54, 1.807) is 4.90 Å². The Morgan fingerprint density at radius 1 is 1.25 bits per heavy atom. The first-order valence-electron chi connectivity index (χ1n) is 10.4. The number of hydrogen-bond donors (Lipinski definition) is 1. The second kappa shape index (κ2) is 8.70. The lowest BCUT2D eigenvalue weighted by atomic mass is 9.99. The molecule has 1 amide bonds. The molecule has 6 heteroatoms. The predicted octanol–water partition coefficient (Wildman–Crippen LogP) is 2.31. The number of amides is 1. The van der Waals surface area contributed by atoms with Gasteiger partial charge in [-0.2, -0.15) is 0 Å². The van der Waals surface area contributed by atoms with Crippen molar-refractivity contribution in [3.8, 4) is 5.75 Å². The molecule has 0 bridgehead atoms. The number of aliphatic hydroxyl groups excluding tert-OH is 1. The van der Waals surface area contributed by atoms with Gasteiger partial charge in [-0.05, 0) is 44.9 Å². The lowest BCUT2D eigenvalue weighted by molar-refractivity contribution is 0.0345. The molecule has 1 aromatic rings. The first-order chi connectivity index (χ1) is 13.3. The molecular formula is C22H35N3O3. The van der Waals surface area contributed by atoms with Gasteiger partial charge in [-0.25, -0.2) is 0 Å². The fraction of sp³-hybridized carbons (Fsp3) is 0.682. The van der Waals surface area contributed by atoms with E-state index in [0.717, 1.165) is 24.7 Å². The van der Waals surface area contributed by atoms with Crippen molar-refractivity contribution >= 4 is 11.6 Å². The first kappa shape index (κ1) is 20.9. The molecule has 3 rings (SSSR count). The van der Waals surface area contributed by atoms with Gasteiger partial charge in [0.1, 0.15) is 6.10 Å². The van der Waals surface area contributed by atoms with Gasteiger partial charge >= 0.3 is 0 Å². The third-order valence-electron chi connectivity index (χ3n) is 5.91. The summed E-state index contributed by atoms with van der Waals surface area (Å²) >= 11 is 0. The number of fused-ring (bicyclic) bond motifs is 1. The maximum atomic E-state index is 13.3. The highest BCUT2D eigenvalue weighted by Crippen LogP contribution is 2.36. The van der Waals surface area contributed by atoms with Crippen LogP contribution >= 0.6 is 0 Å². The van der Waals surface area contributed by atoms with Crippen molar-refractivity contribution < 1.29 is 14.6 Å². The van der Waals surface area contributed by atoms with Crippen LogP contribution in [-0.4, -0.2) is 80.3 Å². The van der Waals surface area contributed by atoms with E-state index in [9.17, 15) is 9.90 Å². The summed E-state index contributed by atoms with van der Waals surface area (Å²) in [6.45, 7) is 6.50. The number of nitrogens with zero attached hydrogens (tertiary/aromatic N) is 3. The summed E-state index contributed by atoms with van der Waals surface area (Å²) in [7, 11) is 6.09. The minimum atomic E-state index is -0.228. The first-order valence-corrected chi connectivity index (χ1v) is 10.4. The van der Waals surface area contributed by atoms with Crippen molar-refractivity contribution in [2.45, 2.75) is 38.8 Å². The van der Waals surface area contributed by atoms with Crippen LogP contribution in [0.5, 0.6) is 5.75 Å². The normalized spacial score (nSPS) is 23.7. The van der Waals surface area contributed by atoms with Crippen molar-refractivity contribution in [3.05, 3.63) is 23.8 Å². The molecule has 1 aliphatic heterocycles. The number of hydrogen-bond acceptors (Lipinski definition) is 5. The van der Waals surface area contributed by atoms with E-state index in [2.05, 4.69) is 18.9 Å². The molecule has 6 nitrogen and oxygen atoms in total. The van der Waals surface area contributed by atoms with E-state index in [1.807, 2.05) is 44.1 Å². The zero-order valence-corrected chi connectivity index (χ0v) is 17.9. The van der Waals surface area contributed by atoms with Crippen molar-refractivity contribution in [1.82, 2.24) is 9.80 Å². The molecule has 28 heavy (non-hydrogen) atoms. The predicted molar refractivity (Wildman–Crippen MR) is 112 cm³/mol. The Hall–Kier alpha value is -1.79. The highest BCUT2D eigenvalue weighted by atomic mass is 16.5. The van der Waals surface area contributed by atoms with Crippen molar-refractivity contribution in [3.63, 3.8) is 0 Å². The number of carbonyl (C=O) groups excluding carboxylic acids is 1. The smallest absolute Gasteiger partial charge is 0.258 e. The number of ether oxygens (including phenoxy) is 1. The van der Waals surface area contributed by atoms with Crippen molar-refractivity contribution in [1.29, 1.82) is 0 Å². The molecular weight excluding hydrogens is 354 g/mol. The van der Waals surface area contributed by atoms with E-state index in [-0.39, 0.29) is 30.6 Å². The summed E-state index contributed by atoms with van der Waals surface area (Å²) < 4.78 is 6.55. The van der Waals surface area contributed by atoms with Crippen LogP contribution in [0, 0.1) is 11.8 Å². The van der Waals surface area contributed by atoms with Crippen LogP contribution in [0.2, 0.25) is 0 Å². The monoisotopic (exact) mass is 389 g/mol. The summed E-state index contributed by atoms with van der Waals surface area (Å²) in [6, 6.07) is 5.50. The molecule has 1 heterocycles. The lowest BCUT2D eigenvalue weighted by Crippen LogP contribution is -2.50. The summed E-state index contributed by atoms with van der Waals surface area (Å²) in [5, 5.41) is 9.72. The molecule has 0 unspecified atom stereocenters. The molecule has 0 aromatic heterocycles. The Morgan fingerprint density at radius 3 is 2.57 bits per heavy atom. The molecule has 0 saturated heterocycles. The minimum absolute atomic E-state index is 0.0231. The zero-order valence-electron chi connectivity index (χ0n) is 17.9. The third kappa shape index (κ3) is 4.61. The van der Waals surface area contributed by atoms with Gasteiger partial charge in [0.25, 0.3) is 5.91 Å². The summed E-state index contributed by atoms with van der Waals surface area (Å²) in [4.78, 5) is 19.5. The Kier molecular flexibility index (Phi) is 6.50. The Bertz CT molecular complexity index is 690. The van der Waals surface area contributed by atoms with Gasteiger partial charge in [0.15, 0.2) is 5.75 Å². The number of rotatable bonds is 7. The number of para-hydroxylation sites is 1. The largest absolute Gasteiger partial charge is 0.486 e. The highest BCUT2D eigenvalue weighted by Gasteiger charge is 2.35. The van der Waals surface area contributed by atoms with Gasteiger partial charge in [0.2, 0.25) is 0 Å². The molecule has 0 radical (unpaired) electrons. The zero-order chi connectivity index (χ0) is 20.4. The van der Waals surface area contributed by atoms with E-state index in [1.165, 1.54) is 12.8 Å². The van der Waals surface area contributed by atoms with Crippen LogP contribution in [0.3, 0.4) is 0 Å². The van der Waals surface area contributed by atoms with Crippen LogP contribution in [0.1, 0.15) is 37.0 Å². The van der Waals surface area contributed by atoms with Crippen molar-refractivity contribution in [2.24, 2.45) is 11.8 Å². The van der Waals surface area contributed by atoms with Crippen LogP contribution < -0.4 is 9.64 Å². The third-order valence-corrected chi connectivity index (χ3v) is 5.91. The molecule has 2 aliphatic rings. The summed E-state index contributed by atoms with van der Waals surface area (Å²) in [5.41, 5.74) is 1.49. The topological polar surface area (TPSA) is 56.3 Å².